The molecule has 3 aromatic rings. The molecule has 25 heavy (non-hydrogen) atoms. The minimum Gasteiger partial charge on any atom is -0.478 e. The fourth-order valence-corrected chi connectivity index (χ4v) is 4.36. The molecule has 7 heteroatoms. The number of nitrogens with zero attached hydrogens (tertiary/aromatic N) is 2. The van der Waals surface area contributed by atoms with Crippen molar-refractivity contribution in [1.29, 1.82) is 0 Å². The quantitative estimate of drug-likeness (QED) is 0.460. The van der Waals surface area contributed by atoms with Crippen molar-refractivity contribution < 1.29 is 14.6 Å². The fourth-order valence-electron chi connectivity index (χ4n) is 2.30. The molecule has 0 aliphatic rings. The van der Waals surface area contributed by atoms with Crippen molar-refractivity contribution in [1.82, 2.24) is 9.97 Å². The Morgan fingerprint density at radius 2 is 2.12 bits per heavy atom. The molecule has 1 atom stereocenters. The van der Waals surface area contributed by atoms with E-state index in [4.69, 9.17) is 4.74 Å². The molecule has 0 saturated heterocycles. The summed E-state index contributed by atoms with van der Waals surface area (Å²) in [6.45, 7) is 1.77. The van der Waals surface area contributed by atoms with Crippen molar-refractivity contribution >= 4 is 50.1 Å². The highest BCUT2D eigenvalue weighted by Gasteiger charge is 2.24. The number of halogens is 1. The third-order valence-electron chi connectivity index (χ3n) is 3.43. The zero-order valence-corrected chi connectivity index (χ0v) is 16.2. The van der Waals surface area contributed by atoms with Crippen molar-refractivity contribution in [3.05, 3.63) is 50.7 Å². The number of aromatic nitrogens is 2. The highest BCUT2D eigenvalue weighted by atomic mass is 127. The van der Waals surface area contributed by atoms with Gasteiger partial charge in [-0.25, -0.2) is 14.8 Å². The lowest BCUT2D eigenvalue weighted by molar-refractivity contribution is -0.145. The molecule has 1 N–H and O–H groups in total. The third-order valence-corrected chi connectivity index (χ3v) is 5.89. The van der Waals surface area contributed by atoms with Crippen molar-refractivity contribution in [3.8, 4) is 17.7 Å². The summed E-state index contributed by atoms with van der Waals surface area (Å²) in [5.74, 6) is 5.14. The largest absolute Gasteiger partial charge is 0.478 e. The van der Waals surface area contributed by atoms with Gasteiger partial charge in [0.15, 0.2) is 0 Å². The smallest absolute Gasteiger partial charge is 0.345 e. The minimum atomic E-state index is -1.03. The summed E-state index contributed by atoms with van der Waals surface area (Å²) in [5, 5.41) is 10.2. The fraction of sp³-hybridized carbons (Fsp3) is 0.167. The molecule has 2 heterocycles. The van der Waals surface area contributed by atoms with Gasteiger partial charge in [-0.1, -0.05) is 36.3 Å². The van der Waals surface area contributed by atoms with Gasteiger partial charge in [0.05, 0.1) is 13.8 Å². The monoisotopic (exact) mass is 464 g/mol. The maximum Gasteiger partial charge on any atom is 0.345 e. The van der Waals surface area contributed by atoms with Gasteiger partial charge in [-0.2, -0.15) is 0 Å². The summed E-state index contributed by atoms with van der Waals surface area (Å²) >= 11 is 3.61. The van der Waals surface area contributed by atoms with Gasteiger partial charge in [-0.15, -0.1) is 17.3 Å². The highest BCUT2D eigenvalue weighted by molar-refractivity contribution is 14.1. The van der Waals surface area contributed by atoms with Crippen molar-refractivity contribution in [2.24, 2.45) is 0 Å². The number of ether oxygens (including phenoxy) is 1. The van der Waals surface area contributed by atoms with Crippen LogP contribution in [0.5, 0.6) is 5.88 Å². The standard InChI is InChI=1S/C18H13IN2O3S/c1-2-6-13-15(19)14-16(20-10-21-17(14)25-13)24-12(18(22)23)9-11-7-4-3-5-8-11/h3-5,7-8,10,12H,9H2,1H3,(H,22,23)/t12-/m1/s1. The Hall–Kier alpha value is -2.18. The van der Waals surface area contributed by atoms with Crippen LogP contribution >= 0.6 is 33.9 Å². The average molecular weight is 464 g/mol. The molecule has 5 nitrogen and oxygen atoms in total. The zero-order valence-electron chi connectivity index (χ0n) is 13.2. The first-order chi connectivity index (χ1) is 12.1. The lowest BCUT2D eigenvalue weighted by atomic mass is 10.1. The topological polar surface area (TPSA) is 72.3 Å². The molecule has 0 aliphatic carbocycles. The van der Waals surface area contributed by atoms with Crippen molar-refractivity contribution in [2.45, 2.75) is 19.4 Å². The van der Waals surface area contributed by atoms with Crippen LogP contribution < -0.4 is 4.74 Å². The van der Waals surface area contributed by atoms with Gasteiger partial charge in [-0.3, -0.25) is 0 Å². The van der Waals surface area contributed by atoms with Gasteiger partial charge >= 0.3 is 5.97 Å². The Morgan fingerprint density at radius 1 is 1.36 bits per heavy atom. The molecule has 0 aliphatic heterocycles. The van der Waals surface area contributed by atoms with E-state index in [1.54, 1.807) is 6.92 Å². The maximum atomic E-state index is 11.6. The van der Waals surface area contributed by atoms with Gasteiger partial charge in [0, 0.05) is 6.42 Å². The second-order valence-corrected chi connectivity index (χ2v) is 7.19. The number of aliphatic carboxylic acids is 1. The van der Waals surface area contributed by atoms with Crippen molar-refractivity contribution in [3.63, 3.8) is 0 Å². The van der Waals surface area contributed by atoms with Crippen LogP contribution in [0.1, 0.15) is 17.4 Å². The molecule has 0 amide bonds. The third kappa shape index (κ3) is 3.91. The lowest BCUT2D eigenvalue weighted by Crippen LogP contribution is -2.29. The molecule has 0 fully saturated rings. The zero-order chi connectivity index (χ0) is 17.8. The number of thiophene rings is 1. The van der Waals surface area contributed by atoms with Gasteiger partial charge in [0.2, 0.25) is 12.0 Å². The SMILES string of the molecule is CC#Cc1sc2ncnc(O[C@H](Cc3ccccc3)C(=O)O)c2c1I. The van der Waals surface area contributed by atoms with E-state index in [9.17, 15) is 9.90 Å². The molecule has 0 radical (unpaired) electrons. The highest BCUT2D eigenvalue weighted by Crippen LogP contribution is 2.35. The molecular weight excluding hydrogens is 451 g/mol. The van der Waals surface area contributed by atoms with Crippen molar-refractivity contribution in [2.75, 3.05) is 0 Å². The second kappa shape index (κ2) is 7.80. The molecular formula is C18H13IN2O3S. The predicted molar refractivity (Wildman–Crippen MR) is 105 cm³/mol. The number of benzene rings is 1. The Bertz CT molecular complexity index is 976. The van der Waals surface area contributed by atoms with Crippen LogP contribution in [0.3, 0.4) is 0 Å². The van der Waals surface area contributed by atoms with Crippen LogP contribution in [0, 0.1) is 15.4 Å². The molecule has 0 spiro atoms. The van der Waals surface area contributed by atoms with Gasteiger partial charge in [0.25, 0.3) is 0 Å². The molecule has 2 aromatic heterocycles. The minimum absolute atomic E-state index is 0.254. The summed E-state index contributed by atoms with van der Waals surface area (Å²) in [7, 11) is 0. The number of hydrogen-bond acceptors (Lipinski definition) is 5. The van der Waals surface area contributed by atoms with E-state index in [-0.39, 0.29) is 12.3 Å². The van der Waals surface area contributed by atoms with Crippen LogP contribution in [-0.2, 0) is 11.2 Å². The molecule has 0 saturated carbocycles. The van der Waals surface area contributed by atoms with E-state index >= 15 is 0 Å². The molecule has 1 aromatic carbocycles. The van der Waals surface area contributed by atoms with Crippen LogP contribution in [0.15, 0.2) is 36.7 Å². The predicted octanol–water partition coefficient (Wildman–Crippen LogP) is 3.74. The Morgan fingerprint density at radius 3 is 2.80 bits per heavy atom. The number of carboxylic acid groups (broad SMARTS) is 1. The molecule has 0 bridgehead atoms. The molecule has 126 valence electrons. The van der Waals surface area contributed by atoms with Crippen LogP contribution in [0.25, 0.3) is 10.2 Å². The van der Waals surface area contributed by atoms with E-state index < -0.39 is 12.1 Å². The Labute approximate surface area is 162 Å². The van der Waals surface area contributed by atoms with E-state index in [0.717, 1.165) is 18.8 Å². The summed E-state index contributed by atoms with van der Waals surface area (Å²) < 4.78 is 6.65. The van der Waals surface area contributed by atoms with Gasteiger partial charge < -0.3 is 9.84 Å². The van der Waals surface area contributed by atoms with E-state index in [1.165, 1.54) is 17.7 Å². The van der Waals surface area contributed by atoms with Gasteiger partial charge in [0.1, 0.15) is 11.2 Å². The van der Waals surface area contributed by atoms with Crippen LogP contribution in [0.2, 0.25) is 0 Å². The molecule has 3 rings (SSSR count). The van der Waals surface area contributed by atoms with Crippen LogP contribution in [0.4, 0.5) is 0 Å². The number of rotatable bonds is 5. The number of carbonyl (C=O) groups is 1. The Kier molecular flexibility index (Phi) is 5.50. The van der Waals surface area contributed by atoms with Gasteiger partial charge in [-0.05, 0) is 35.1 Å². The Balaban J connectivity index is 1.97. The number of hydrogen-bond donors (Lipinski definition) is 1. The van der Waals surface area contributed by atoms with E-state index in [0.29, 0.717) is 5.39 Å². The van der Waals surface area contributed by atoms with E-state index in [1.807, 2.05) is 30.3 Å². The first-order valence-corrected chi connectivity index (χ1v) is 9.28. The normalized spacial score (nSPS) is 11.6. The summed E-state index contributed by atoms with van der Waals surface area (Å²) in [6, 6.07) is 9.37. The summed E-state index contributed by atoms with van der Waals surface area (Å²) in [6.07, 6.45) is 0.607. The average Bonchev–Trinajstić information content (AvgIpc) is 2.92. The maximum absolute atomic E-state index is 11.6. The first kappa shape index (κ1) is 17.6. The number of carboxylic acids is 1. The van der Waals surface area contributed by atoms with E-state index in [2.05, 4.69) is 44.4 Å². The lowest BCUT2D eigenvalue weighted by Gasteiger charge is -2.15. The number of fused-ring (bicyclic) bond motifs is 1. The summed E-state index contributed by atoms with van der Waals surface area (Å²) in [5.41, 5.74) is 0.887. The first-order valence-electron chi connectivity index (χ1n) is 7.39. The summed E-state index contributed by atoms with van der Waals surface area (Å²) in [4.78, 5) is 21.7. The second-order valence-electron chi connectivity index (χ2n) is 5.11. The molecule has 0 unspecified atom stereocenters. The van der Waals surface area contributed by atoms with Crippen LogP contribution in [-0.4, -0.2) is 27.1 Å².